The first-order chi connectivity index (χ1) is 9.67. The summed E-state index contributed by atoms with van der Waals surface area (Å²) in [7, 11) is 3.95. The number of urea groups is 1. The molecule has 1 saturated heterocycles. The third kappa shape index (κ3) is 5.51. The standard InChI is InChI=1S/C14H27N3O4/c1-13(2,10-17(3)4)9-15-12(20)16-14(11(18)19)5-7-21-8-6-14/h5-10H2,1-4H3,(H,18,19)(H2,15,16,20). The summed E-state index contributed by atoms with van der Waals surface area (Å²) < 4.78 is 5.17. The van der Waals surface area contributed by atoms with E-state index in [-0.39, 0.29) is 18.3 Å². The van der Waals surface area contributed by atoms with E-state index in [9.17, 15) is 14.7 Å². The highest BCUT2D eigenvalue weighted by atomic mass is 16.5. The number of aliphatic carboxylic acids is 1. The molecule has 0 saturated carbocycles. The van der Waals surface area contributed by atoms with Gasteiger partial charge in [-0.15, -0.1) is 0 Å². The summed E-state index contributed by atoms with van der Waals surface area (Å²) in [5.74, 6) is -1.01. The third-order valence-electron chi connectivity index (χ3n) is 3.58. The van der Waals surface area contributed by atoms with E-state index < -0.39 is 17.5 Å². The SMILES string of the molecule is CN(C)CC(C)(C)CNC(=O)NC1(C(=O)O)CCOCC1. The molecule has 2 amide bonds. The zero-order valence-electron chi connectivity index (χ0n) is 13.4. The van der Waals surface area contributed by atoms with Crippen molar-refractivity contribution in [1.29, 1.82) is 0 Å². The molecule has 0 aromatic rings. The van der Waals surface area contributed by atoms with Gasteiger partial charge in [-0.05, 0) is 19.5 Å². The van der Waals surface area contributed by atoms with Crippen LogP contribution in [-0.4, -0.2) is 67.9 Å². The Balaban J connectivity index is 2.53. The lowest BCUT2D eigenvalue weighted by molar-refractivity contribution is -0.148. The smallest absolute Gasteiger partial charge is 0.329 e. The number of carbonyl (C=O) groups is 2. The van der Waals surface area contributed by atoms with Crippen molar-refractivity contribution in [2.45, 2.75) is 32.2 Å². The number of hydrogen-bond donors (Lipinski definition) is 3. The number of nitrogens with one attached hydrogen (secondary N) is 2. The summed E-state index contributed by atoms with van der Waals surface area (Å²) in [6.45, 7) is 6.09. The van der Waals surface area contributed by atoms with Gasteiger partial charge in [-0.25, -0.2) is 9.59 Å². The number of rotatable bonds is 6. The minimum Gasteiger partial charge on any atom is -0.480 e. The van der Waals surface area contributed by atoms with Gasteiger partial charge in [0, 0.05) is 39.1 Å². The van der Waals surface area contributed by atoms with Crippen LogP contribution in [0.15, 0.2) is 0 Å². The van der Waals surface area contributed by atoms with Crippen LogP contribution >= 0.6 is 0 Å². The first-order valence-electron chi connectivity index (χ1n) is 7.19. The topological polar surface area (TPSA) is 90.9 Å². The average Bonchev–Trinajstić information content (AvgIpc) is 2.36. The van der Waals surface area contributed by atoms with Gasteiger partial charge < -0.3 is 25.4 Å². The van der Waals surface area contributed by atoms with Crippen LogP contribution in [0.25, 0.3) is 0 Å². The van der Waals surface area contributed by atoms with Crippen LogP contribution in [0, 0.1) is 5.41 Å². The van der Waals surface area contributed by atoms with Crippen molar-refractivity contribution in [3.8, 4) is 0 Å². The van der Waals surface area contributed by atoms with Crippen LogP contribution < -0.4 is 10.6 Å². The molecule has 21 heavy (non-hydrogen) atoms. The number of carboxylic acid groups (broad SMARTS) is 1. The fourth-order valence-corrected chi connectivity index (χ4v) is 2.61. The Morgan fingerprint density at radius 2 is 1.86 bits per heavy atom. The third-order valence-corrected chi connectivity index (χ3v) is 3.58. The number of ether oxygens (including phenoxy) is 1. The number of amides is 2. The van der Waals surface area contributed by atoms with Gasteiger partial charge in [-0.1, -0.05) is 13.8 Å². The highest BCUT2D eigenvalue weighted by Crippen LogP contribution is 2.21. The Hall–Kier alpha value is -1.34. The fraction of sp³-hybridized carbons (Fsp3) is 0.857. The van der Waals surface area contributed by atoms with Gasteiger partial charge in [-0.3, -0.25) is 0 Å². The van der Waals surface area contributed by atoms with Crippen LogP contribution in [0.1, 0.15) is 26.7 Å². The van der Waals surface area contributed by atoms with Crippen molar-refractivity contribution >= 4 is 12.0 Å². The summed E-state index contributed by atoms with van der Waals surface area (Å²) in [6, 6.07) is -0.439. The lowest BCUT2D eigenvalue weighted by atomic mass is 9.90. The molecule has 0 unspecified atom stereocenters. The highest BCUT2D eigenvalue weighted by Gasteiger charge is 2.41. The molecule has 1 aliphatic rings. The molecule has 1 heterocycles. The summed E-state index contributed by atoms with van der Waals surface area (Å²) in [5, 5.41) is 14.8. The monoisotopic (exact) mass is 301 g/mol. The first kappa shape index (κ1) is 17.7. The largest absolute Gasteiger partial charge is 0.480 e. The number of hydrogen-bond acceptors (Lipinski definition) is 4. The van der Waals surface area contributed by atoms with Crippen molar-refractivity contribution < 1.29 is 19.4 Å². The molecule has 0 spiro atoms. The Bertz CT molecular complexity index is 376. The van der Waals surface area contributed by atoms with Gasteiger partial charge in [0.2, 0.25) is 0 Å². The molecule has 3 N–H and O–H groups in total. The molecule has 7 heteroatoms. The van der Waals surface area contributed by atoms with Gasteiger partial charge in [0.05, 0.1) is 0 Å². The van der Waals surface area contributed by atoms with Crippen molar-refractivity contribution in [2.75, 3.05) is 40.4 Å². The normalized spacial score (nSPS) is 18.3. The van der Waals surface area contributed by atoms with Gasteiger partial charge in [0.15, 0.2) is 0 Å². The molecule has 1 fully saturated rings. The van der Waals surface area contributed by atoms with E-state index in [4.69, 9.17) is 4.74 Å². The highest BCUT2D eigenvalue weighted by molar-refractivity contribution is 5.86. The molecule has 0 aliphatic carbocycles. The Morgan fingerprint density at radius 1 is 1.29 bits per heavy atom. The van der Waals surface area contributed by atoms with E-state index in [1.165, 1.54) is 0 Å². The summed E-state index contributed by atoms with van der Waals surface area (Å²) in [6.07, 6.45) is 0.577. The average molecular weight is 301 g/mol. The Kier molecular flexibility index (Phi) is 5.98. The minimum absolute atomic E-state index is 0.0904. The predicted octanol–water partition coefficient (Wildman–Crippen LogP) is 0.507. The number of carboxylic acids is 1. The van der Waals surface area contributed by atoms with Crippen LogP contribution in [0.2, 0.25) is 0 Å². The lowest BCUT2D eigenvalue weighted by Gasteiger charge is -2.34. The summed E-state index contributed by atoms with van der Waals surface area (Å²) >= 11 is 0. The van der Waals surface area contributed by atoms with E-state index in [2.05, 4.69) is 29.4 Å². The zero-order valence-corrected chi connectivity index (χ0v) is 13.4. The molecule has 0 atom stereocenters. The van der Waals surface area contributed by atoms with Crippen LogP contribution in [0.5, 0.6) is 0 Å². The fourth-order valence-electron chi connectivity index (χ4n) is 2.61. The molecule has 7 nitrogen and oxygen atoms in total. The molecule has 0 aromatic heterocycles. The molecule has 0 aromatic carbocycles. The van der Waals surface area contributed by atoms with Crippen LogP contribution in [0.4, 0.5) is 4.79 Å². The van der Waals surface area contributed by atoms with E-state index >= 15 is 0 Å². The molecule has 0 radical (unpaired) electrons. The van der Waals surface area contributed by atoms with Gasteiger partial charge in [0.1, 0.15) is 5.54 Å². The second-order valence-corrected chi connectivity index (χ2v) is 6.71. The van der Waals surface area contributed by atoms with Crippen LogP contribution in [0.3, 0.4) is 0 Å². The van der Waals surface area contributed by atoms with Crippen molar-refractivity contribution in [2.24, 2.45) is 5.41 Å². The van der Waals surface area contributed by atoms with E-state index in [0.717, 1.165) is 6.54 Å². The van der Waals surface area contributed by atoms with E-state index in [1.807, 2.05) is 14.1 Å². The second-order valence-electron chi connectivity index (χ2n) is 6.71. The number of carbonyl (C=O) groups excluding carboxylic acids is 1. The first-order valence-corrected chi connectivity index (χ1v) is 7.19. The lowest BCUT2D eigenvalue weighted by Crippen LogP contribution is -2.60. The molecular weight excluding hydrogens is 274 g/mol. The number of nitrogens with zero attached hydrogens (tertiary/aromatic N) is 1. The van der Waals surface area contributed by atoms with Crippen molar-refractivity contribution in [3.05, 3.63) is 0 Å². The molecule has 1 rings (SSSR count). The quantitative estimate of drug-likeness (QED) is 0.665. The maximum absolute atomic E-state index is 12.0. The van der Waals surface area contributed by atoms with E-state index in [0.29, 0.717) is 19.8 Å². The molecular formula is C14H27N3O4. The van der Waals surface area contributed by atoms with Crippen molar-refractivity contribution in [3.63, 3.8) is 0 Å². The minimum atomic E-state index is -1.21. The maximum atomic E-state index is 12.0. The maximum Gasteiger partial charge on any atom is 0.329 e. The molecule has 1 aliphatic heterocycles. The Morgan fingerprint density at radius 3 is 2.33 bits per heavy atom. The summed E-state index contributed by atoms with van der Waals surface area (Å²) in [4.78, 5) is 25.5. The molecule has 122 valence electrons. The summed E-state index contributed by atoms with van der Waals surface area (Å²) in [5.41, 5.74) is -1.30. The second kappa shape index (κ2) is 7.09. The predicted molar refractivity (Wildman–Crippen MR) is 79.3 cm³/mol. The Labute approximate surface area is 126 Å². The van der Waals surface area contributed by atoms with Crippen LogP contribution in [-0.2, 0) is 9.53 Å². The van der Waals surface area contributed by atoms with Gasteiger partial charge in [-0.2, -0.15) is 0 Å². The zero-order chi connectivity index (χ0) is 16.1. The molecule has 0 bridgehead atoms. The van der Waals surface area contributed by atoms with E-state index in [1.54, 1.807) is 0 Å². The van der Waals surface area contributed by atoms with Crippen molar-refractivity contribution in [1.82, 2.24) is 15.5 Å². The van der Waals surface area contributed by atoms with Gasteiger partial charge >= 0.3 is 12.0 Å². The van der Waals surface area contributed by atoms with Gasteiger partial charge in [0.25, 0.3) is 0 Å².